The first-order valence-corrected chi connectivity index (χ1v) is 7.31. The predicted octanol–water partition coefficient (Wildman–Crippen LogP) is 3.24. The average molecular weight is 361 g/mol. The Balaban J connectivity index is 2.27. The van der Waals surface area contributed by atoms with Crippen LogP contribution in [0.5, 0.6) is 5.75 Å². The van der Waals surface area contributed by atoms with Crippen molar-refractivity contribution in [3.8, 4) is 5.75 Å². The number of allylic oxidation sites excluding steroid dienone is 1. The third-order valence-electron chi connectivity index (χ3n) is 3.04. The van der Waals surface area contributed by atoms with Crippen molar-refractivity contribution in [1.29, 1.82) is 0 Å². The molecule has 0 aliphatic carbocycles. The van der Waals surface area contributed by atoms with Gasteiger partial charge in [0.25, 0.3) is 0 Å². The van der Waals surface area contributed by atoms with E-state index in [0.717, 1.165) is 15.7 Å². The van der Waals surface area contributed by atoms with Crippen LogP contribution in [0.4, 0.5) is 0 Å². The van der Waals surface area contributed by atoms with E-state index in [9.17, 15) is 4.79 Å². The van der Waals surface area contributed by atoms with Crippen LogP contribution in [0.3, 0.4) is 0 Å². The first-order chi connectivity index (χ1) is 9.54. The van der Waals surface area contributed by atoms with E-state index in [1.807, 2.05) is 24.3 Å². The van der Waals surface area contributed by atoms with Crippen molar-refractivity contribution in [2.75, 3.05) is 21.0 Å². The highest BCUT2D eigenvalue weighted by Crippen LogP contribution is 2.33. The largest absolute Gasteiger partial charge is 0.468 e. The van der Waals surface area contributed by atoms with Gasteiger partial charge in [-0.25, -0.2) is 0 Å². The van der Waals surface area contributed by atoms with Crippen LogP contribution >= 0.6 is 27.5 Å². The monoisotopic (exact) mass is 359 g/mol. The molecule has 0 bridgehead atoms. The van der Waals surface area contributed by atoms with Gasteiger partial charge in [0.2, 0.25) is 5.91 Å². The summed E-state index contributed by atoms with van der Waals surface area (Å²) in [4.78, 5) is 13.5. The summed E-state index contributed by atoms with van der Waals surface area (Å²) < 4.78 is 11.1. The second-order valence-electron chi connectivity index (χ2n) is 4.38. The minimum absolute atomic E-state index is 0.0872. The summed E-state index contributed by atoms with van der Waals surface area (Å²) in [7, 11) is 3.30. The van der Waals surface area contributed by atoms with Crippen LogP contribution in [-0.2, 0) is 9.53 Å². The SMILES string of the molecule is COCOc1ccc(C2=CCC(Cl)C(=O)N2C)c(Br)c1. The summed E-state index contributed by atoms with van der Waals surface area (Å²) in [5, 5.41) is -0.480. The molecule has 2 rings (SSSR count). The van der Waals surface area contributed by atoms with E-state index in [1.54, 1.807) is 19.1 Å². The maximum atomic E-state index is 11.9. The zero-order valence-corrected chi connectivity index (χ0v) is 13.6. The topological polar surface area (TPSA) is 38.8 Å². The molecule has 1 aromatic rings. The molecule has 0 radical (unpaired) electrons. The fraction of sp³-hybridized carbons (Fsp3) is 0.357. The second kappa shape index (κ2) is 6.61. The zero-order chi connectivity index (χ0) is 14.7. The number of rotatable bonds is 4. The summed E-state index contributed by atoms with van der Waals surface area (Å²) in [6.07, 6.45) is 2.50. The number of benzene rings is 1. The Bertz CT molecular complexity index is 547. The summed E-state index contributed by atoms with van der Waals surface area (Å²) in [6.45, 7) is 0.195. The molecule has 0 aromatic heterocycles. The van der Waals surface area contributed by atoms with Crippen LogP contribution in [0.2, 0.25) is 0 Å². The van der Waals surface area contributed by atoms with E-state index in [-0.39, 0.29) is 12.7 Å². The molecule has 1 aliphatic rings. The molecule has 1 heterocycles. The molecule has 0 spiro atoms. The van der Waals surface area contributed by atoms with E-state index < -0.39 is 5.38 Å². The molecule has 0 saturated carbocycles. The highest BCUT2D eigenvalue weighted by molar-refractivity contribution is 9.10. The normalized spacial score (nSPS) is 19.0. The molecule has 6 heteroatoms. The van der Waals surface area contributed by atoms with Crippen molar-refractivity contribution >= 4 is 39.1 Å². The average Bonchev–Trinajstić information content (AvgIpc) is 2.44. The molecule has 1 amide bonds. The number of carbonyl (C=O) groups is 1. The van der Waals surface area contributed by atoms with Gasteiger partial charge in [0.05, 0.1) is 0 Å². The number of carbonyl (C=O) groups excluding carboxylic acids is 1. The molecular weight excluding hydrogens is 346 g/mol. The number of ether oxygens (including phenoxy) is 2. The van der Waals surface area contributed by atoms with E-state index in [2.05, 4.69) is 15.9 Å². The Kier molecular flexibility index (Phi) is 5.07. The number of methoxy groups -OCH3 is 1. The molecule has 0 fully saturated rings. The molecule has 1 unspecified atom stereocenters. The van der Waals surface area contributed by atoms with Crippen LogP contribution < -0.4 is 4.74 Å². The lowest BCUT2D eigenvalue weighted by Crippen LogP contribution is -2.35. The van der Waals surface area contributed by atoms with Crippen molar-refractivity contribution < 1.29 is 14.3 Å². The number of hydrogen-bond donors (Lipinski definition) is 0. The molecule has 0 N–H and O–H groups in total. The molecule has 1 atom stereocenters. The number of alkyl halides is 1. The lowest BCUT2D eigenvalue weighted by atomic mass is 10.0. The van der Waals surface area contributed by atoms with E-state index in [4.69, 9.17) is 21.1 Å². The summed E-state index contributed by atoms with van der Waals surface area (Å²) >= 11 is 9.46. The second-order valence-corrected chi connectivity index (χ2v) is 5.76. The Morgan fingerprint density at radius 2 is 2.25 bits per heavy atom. The third kappa shape index (κ3) is 3.16. The quantitative estimate of drug-likeness (QED) is 0.611. The summed E-state index contributed by atoms with van der Waals surface area (Å²) in [5.41, 5.74) is 1.77. The maximum Gasteiger partial charge on any atom is 0.245 e. The molecule has 20 heavy (non-hydrogen) atoms. The van der Waals surface area contributed by atoms with Crippen molar-refractivity contribution in [2.45, 2.75) is 11.8 Å². The fourth-order valence-corrected chi connectivity index (χ4v) is 2.79. The lowest BCUT2D eigenvalue weighted by molar-refractivity contribution is -0.126. The van der Waals surface area contributed by atoms with Gasteiger partial charge in [0.15, 0.2) is 6.79 Å². The molecule has 108 valence electrons. The van der Waals surface area contributed by atoms with Gasteiger partial charge in [-0.05, 0) is 40.5 Å². The van der Waals surface area contributed by atoms with E-state index in [0.29, 0.717) is 12.2 Å². The first kappa shape index (κ1) is 15.4. The maximum absolute atomic E-state index is 11.9. The highest BCUT2D eigenvalue weighted by atomic mass is 79.9. The van der Waals surface area contributed by atoms with Gasteiger partial charge in [-0.15, -0.1) is 11.6 Å². The highest BCUT2D eigenvalue weighted by Gasteiger charge is 2.27. The van der Waals surface area contributed by atoms with Crippen molar-refractivity contribution in [1.82, 2.24) is 4.90 Å². The van der Waals surface area contributed by atoms with Crippen molar-refractivity contribution in [3.05, 3.63) is 34.3 Å². The molecule has 4 nitrogen and oxygen atoms in total. The number of amides is 1. The minimum Gasteiger partial charge on any atom is -0.468 e. The van der Waals surface area contributed by atoms with E-state index >= 15 is 0 Å². The molecule has 1 aromatic carbocycles. The van der Waals surface area contributed by atoms with Gasteiger partial charge in [0.1, 0.15) is 11.1 Å². The zero-order valence-electron chi connectivity index (χ0n) is 11.2. The van der Waals surface area contributed by atoms with E-state index in [1.165, 1.54) is 0 Å². The van der Waals surface area contributed by atoms with Crippen LogP contribution in [0.15, 0.2) is 28.7 Å². The smallest absolute Gasteiger partial charge is 0.245 e. The summed E-state index contributed by atoms with van der Waals surface area (Å²) in [5.74, 6) is 0.610. The van der Waals surface area contributed by atoms with Gasteiger partial charge in [-0.1, -0.05) is 6.08 Å². The van der Waals surface area contributed by atoms with Gasteiger partial charge < -0.3 is 14.4 Å². The Hall–Kier alpha value is -1.04. The van der Waals surface area contributed by atoms with Gasteiger partial charge in [0, 0.05) is 29.9 Å². The van der Waals surface area contributed by atoms with Gasteiger partial charge in [-0.2, -0.15) is 0 Å². The van der Waals surface area contributed by atoms with Crippen LogP contribution in [0.25, 0.3) is 5.70 Å². The molecule has 0 saturated heterocycles. The Morgan fingerprint density at radius 1 is 1.50 bits per heavy atom. The van der Waals surface area contributed by atoms with Crippen LogP contribution in [-0.4, -0.2) is 37.1 Å². The number of hydrogen-bond acceptors (Lipinski definition) is 3. The number of halogens is 2. The predicted molar refractivity (Wildman–Crippen MR) is 81.7 cm³/mol. The van der Waals surface area contributed by atoms with Crippen molar-refractivity contribution in [3.63, 3.8) is 0 Å². The minimum atomic E-state index is -0.480. The van der Waals surface area contributed by atoms with Gasteiger partial charge in [-0.3, -0.25) is 4.79 Å². The van der Waals surface area contributed by atoms with Gasteiger partial charge >= 0.3 is 0 Å². The van der Waals surface area contributed by atoms with Crippen molar-refractivity contribution in [2.24, 2.45) is 0 Å². The Labute approximate surface area is 131 Å². The molecule has 1 aliphatic heterocycles. The van der Waals surface area contributed by atoms with Crippen LogP contribution in [0.1, 0.15) is 12.0 Å². The fourth-order valence-electron chi connectivity index (χ4n) is 1.99. The standard InChI is InChI=1S/C14H15BrClNO3/c1-17-13(6-5-12(16)14(17)18)10-4-3-9(7-11(10)15)20-8-19-2/h3-4,6-7,12H,5,8H2,1-2H3. The van der Waals surface area contributed by atoms with Crippen LogP contribution in [0, 0.1) is 0 Å². The third-order valence-corrected chi connectivity index (χ3v) is 4.06. The lowest BCUT2D eigenvalue weighted by Gasteiger charge is -2.28. The summed E-state index contributed by atoms with van der Waals surface area (Å²) in [6, 6.07) is 5.59. The Morgan fingerprint density at radius 3 is 2.90 bits per heavy atom. The first-order valence-electron chi connectivity index (χ1n) is 6.08. The molecular formula is C14H15BrClNO3. The number of nitrogens with zero attached hydrogens (tertiary/aromatic N) is 1.